The van der Waals surface area contributed by atoms with Gasteiger partial charge in [-0.3, -0.25) is 4.79 Å². The molecule has 3 aromatic rings. The first-order valence-electron chi connectivity index (χ1n) is 6.52. The number of hydrogen-bond acceptors (Lipinski definition) is 5. The van der Waals surface area contributed by atoms with Crippen molar-refractivity contribution in [3.05, 3.63) is 64.4 Å². The van der Waals surface area contributed by atoms with E-state index in [2.05, 4.69) is 14.7 Å². The Kier molecular flexibility index (Phi) is 3.57. The van der Waals surface area contributed by atoms with Crippen molar-refractivity contribution in [1.29, 1.82) is 0 Å². The first-order chi connectivity index (χ1) is 10.7. The van der Waals surface area contributed by atoms with Crippen molar-refractivity contribution in [1.82, 2.24) is 9.97 Å². The Hall–Kier alpha value is -3.15. The minimum Gasteiger partial charge on any atom is -0.465 e. The lowest BCUT2D eigenvalue weighted by Crippen LogP contribution is -2.11. The number of carbonyl (C=O) groups excluding carboxylic acids is 1. The van der Waals surface area contributed by atoms with Crippen LogP contribution in [-0.4, -0.2) is 23.0 Å². The van der Waals surface area contributed by atoms with Crippen LogP contribution >= 0.6 is 0 Å². The molecule has 0 aliphatic rings. The molecule has 3 rings (SSSR count). The zero-order valence-electron chi connectivity index (χ0n) is 11.7. The predicted molar refractivity (Wildman–Crippen MR) is 80.2 cm³/mol. The first-order valence-corrected chi connectivity index (χ1v) is 6.52. The van der Waals surface area contributed by atoms with E-state index in [-0.39, 0.29) is 5.88 Å². The number of benzene rings is 2. The molecule has 2 aromatic carbocycles. The van der Waals surface area contributed by atoms with Crippen molar-refractivity contribution < 1.29 is 14.3 Å². The van der Waals surface area contributed by atoms with Crippen LogP contribution in [0.2, 0.25) is 0 Å². The summed E-state index contributed by atoms with van der Waals surface area (Å²) in [5.41, 5.74) is 1.25. The van der Waals surface area contributed by atoms with Crippen LogP contribution < -0.4 is 10.3 Å². The highest BCUT2D eigenvalue weighted by Crippen LogP contribution is 2.19. The lowest BCUT2D eigenvalue weighted by atomic mass is 10.2. The van der Waals surface area contributed by atoms with Gasteiger partial charge in [0.15, 0.2) is 0 Å². The van der Waals surface area contributed by atoms with Crippen LogP contribution in [0.5, 0.6) is 11.6 Å². The van der Waals surface area contributed by atoms with E-state index in [1.165, 1.54) is 7.11 Å². The Balaban J connectivity index is 1.91. The van der Waals surface area contributed by atoms with Gasteiger partial charge in [0.2, 0.25) is 0 Å². The van der Waals surface area contributed by atoms with E-state index in [1.54, 1.807) is 36.4 Å². The van der Waals surface area contributed by atoms with Crippen LogP contribution in [0.15, 0.2) is 53.3 Å². The maximum absolute atomic E-state index is 11.9. The molecule has 1 aromatic heterocycles. The Morgan fingerprint density at radius 3 is 2.55 bits per heavy atom. The molecule has 0 aliphatic heterocycles. The van der Waals surface area contributed by atoms with Crippen LogP contribution in [0, 0.1) is 0 Å². The molecule has 0 spiro atoms. The van der Waals surface area contributed by atoms with Gasteiger partial charge in [0.05, 0.1) is 23.7 Å². The predicted octanol–water partition coefficient (Wildman–Crippen LogP) is 2.50. The number of ether oxygens (including phenoxy) is 2. The number of nitrogens with one attached hydrogen (secondary N) is 1. The third kappa shape index (κ3) is 2.67. The second kappa shape index (κ2) is 5.69. The molecule has 6 nitrogen and oxygen atoms in total. The van der Waals surface area contributed by atoms with Crippen LogP contribution in [0.4, 0.5) is 0 Å². The first kappa shape index (κ1) is 13.8. The van der Waals surface area contributed by atoms with E-state index in [1.807, 2.05) is 12.1 Å². The van der Waals surface area contributed by atoms with Gasteiger partial charge in [-0.1, -0.05) is 12.1 Å². The Morgan fingerprint density at radius 1 is 1.09 bits per heavy atom. The SMILES string of the molecule is COC(=O)c1ccc(Oc2nc3ccccc3[nH]c2=O)cc1. The standard InChI is InChI=1S/C16H12N2O4/c1-21-16(20)10-6-8-11(9-7-10)22-15-14(19)17-12-4-2-3-5-13(12)18-15/h2-9H,1H3,(H,17,19). The Labute approximate surface area is 125 Å². The number of methoxy groups -OCH3 is 1. The molecular formula is C16H12N2O4. The molecule has 0 atom stereocenters. The average molecular weight is 296 g/mol. The minimum absolute atomic E-state index is 0.0514. The fourth-order valence-corrected chi connectivity index (χ4v) is 1.97. The van der Waals surface area contributed by atoms with Crippen molar-refractivity contribution in [3.8, 4) is 11.6 Å². The monoisotopic (exact) mass is 296 g/mol. The van der Waals surface area contributed by atoms with Crippen LogP contribution in [0.3, 0.4) is 0 Å². The molecule has 0 amide bonds. The van der Waals surface area contributed by atoms with E-state index in [4.69, 9.17) is 4.74 Å². The largest absolute Gasteiger partial charge is 0.465 e. The average Bonchev–Trinajstić information content (AvgIpc) is 2.55. The van der Waals surface area contributed by atoms with Gasteiger partial charge in [0.1, 0.15) is 5.75 Å². The van der Waals surface area contributed by atoms with Gasteiger partial charge in [-0.25, -0.2) is 9.78 Å². The van der Waals surface area contributed by atoms with E-state index in [0.717, 1.165) is 0 Å². The fraction of sp³-hybridized carbons (Fsp3) is 0.0625. The zero-order valence-corrected chi connectivity index (χ0v) is 11.7. The summed E-state index contributed by atoms with van der Waals surface area (Å²) in [6.07, 6.45) is 0. The van der Waals surface area contributed by atoms with E-state index >= 15 is 0 Å². The number of aromatic amines is 1. The molecule has 0 bridgehead atoms. The second-order valence-corrected chi connectivity index (χ2v) is 4.51. The smallest absolute Gasteiger partial charge is 0.337 e. The van der Waals surface area contributed by atoms with Gasteiger partial charge in [-0.2, -0.15) is 0 Å². The highest BCUT2D eigenvalue weighted by Gasteiger charge is 2.09. The third-order valence-corrected chi connectivity index (χ3v) is 3.06. The topological polar surface area (TPSA) is 81.3 Å². The molecule has 1 N–H and O–H groups in total. The summed E-state index contributed by atoms with van der Waals surface area (Å²) in [6, 6.07) is 13.4. The number of aromatic nitrogens is 2. The summed E-state index contributed by atoms with van der Waals surface area (Å²) in [7, 11) is 1.31. The number of hydrogen-bond donors (Lipinski definition) is 1. The highest BCUT2D eigenvalue weighted by molar-refractivity contribution is 5.89. The van der Waals surface area contributed by atoms with Crippen molar-refractivity contribution in [2.45, 2.75) is 0 Å². The molecule has 0 unspecified atom stereocenters. The van der Waals surface area contributed by atoms with Gasteiger partial charge in [0, 0.05) is 0 Å². The summed E-state index contributed by atoms with van der Waals surface area (Å²) in [4.78, 5) is 30.2. The van der Waals surface area contributed by atoms with Gasteiger partial charge in [-0.15, -0.1) is 0 Å². The van der Waals surface area contributed by atoms with E-state index < -0.39 is 11.5 Å². The number of rotatable bonds is 3. The maximum atomic E-state index is 11.9. The maximum Gasteiger partial charge on any atom is 0.337 e. The lowest BCUT2D eigenvalue weighted by molar-refractivity contribution is 0.0600. The molecule has 110 valence electrons. The number of para-hydroxylation sites is 2. The summed E-state index contributed by atoms with van der Waals surface area (Å²) >= 11 is 0. The lowest BCUT2D eigenvalue weighted by Gasteiger charge is -2.06. The Morgan fingerprint density at radius 2 is 1.82 bits per heavy atom. The molecule has 0 fully saturated rings. The molecule has 1 heterocycles. The van der Waals surface area contributed by atoms with E-state index in [0.29, 0.717) is 22.3 Å². The quantitative estimate of drug-likeness (QED) is 0.751. The summed E-state index contributed by atoms with van der Waals surface area (Å²) in [6.45, 7) is 0. The summed E-state index contributed by atoms with van der Waals surface area (Å²) in [5.74, 6) is -0.0846. The van der Waals surface area contributed by atoms with Gasteiger partial charge in [0.25, 0.3) is 5.88 Å². The fourth-order valence-electron chi connectivity index (χ4n) is 1.97. The summed E-state index contributed by atoms with van der Waals surface area (Å²) < 4.78 is 10.1. The normalized spacial score (nSPS) is 10.4. The van der Waals surface area contributed by atoms with Gasteiger partial charge < -0.3 is 14.5 Å². The van der Waals surface area contributed by atoms with Crippen LogP contribution in [-0.2, 0) is 4.74 Å². The number of esters is 1. The third-order valence-electron chi connectivity index (χ3n) is 3.06. The molecule has 0 aliphatic carbocycles. The number of nitrogens with zero attached hydrogens (tertiary/aromatic N) is 1. The second-order valence-electron chi connectivity index (χ2n) is 4.51. The van der Waals surface area contributed by atoms with Crippen molar-refractivity contribution in [2.75, 3.05) is 7.11 Å². The molecule has 22 heavy (non-hydrogen) atoms. The molecule has 0 radical (unpaired) electrons. The zero-order chi connectivity index (χ0) is 15.5. The Bertz CT molecular complexity index is 885. The van der Waals surface area contributed by atoms with Crippen molar-refractivity contribution >= 4 is 17.0 Å². The number of carbonyl (C=O) groups is 1. The summed E-state index contributed by atoms with van der Waals surface area (Å²) in [5, 5.41) is 0. The van der Waals surface area contributed by atoms with E-state index in [9.17, 15) is 9.59 Å². The van der Waals surface area contributed by atoms with Crippen molar-refractivity contribution in [2.24, 2.45) is 0 Å². The number of H-pyrrole nitrogens is 1. The molecule has 6 heteroatoms. The number of fused-ring (bicyclic) bond motifs is 1. The minimum atomic E-state index is -0.437. The molecule has 0 saturated carbocycles. The van der Waals surface area contributed by atoms with Crippen LogP contribution in [0.25, 0.3) is 11.0 Å². The molecule has 0 saturated heterocycles. The van der Waals surface area contributed by atoms with Gasteiger partial charge in [-0.05, 0) is 36.4 Å². The van der Waals surface area contributed by atoms with Gasteiger partial charge >= 0.3 is 11.5 Å². The van der Waals surface area contributed by atoms with Crippen molar-refractivity contribution in [3.63, 3.8) is 0 Å². The highest BCUT2D eigenvalue weighted by atomic mass is 16.5. The van der Waals surface area contributed by atoms with Crippen LogP contribution in [0.1, 0.15) is 10.4 Å². The molecular weight excluding hydrogens is 284 g/mol.